The van der Waals surface area contributed by atoms with E-state index >= 15 is 0 Å². The maximum atomic E-state index is 5.36. The van der Waals surface area contributed by atoms with Crippen LogP contribution in [-0.4, -0.2) is 11.7 Å². The lowest BCUT2D eigenvalue weighted by Gasteiger charge is -2.08. The van der Waals surface area contributed by atoms with Crippen molar-refractivity contribution >= 4 is 17.0 Å². The summed E-state index contributed by atoms with van der Waals surface area (Å²) in [6, 6.07) is 18.9. The average molecular weight is 306 g/mol. The van der Waals surface area contributed by atoms with E-state index in [1.807, 2.05) is 12.1 Å². The Hall–Kier alpha value is -2.36. The van der Waals surface area contributed by atoms with Gasteiger partial charge in [0.05, 0.1) is 5.52 Å². The average Bonchev–Trinajstić information content (AvgIpc) is 2.90. The van der Waals surface area contributed by atoms with Crippen LogP contribution in [0.15, 0.2) is 61.2 Å². The number of methoxy groups -OCH3 is 1. The molecule has 1 N–H and O–H groups in total. The van der Waals surface area contributed by atoms with Crippen LogP contribution in [0.5, 0.6) is 0 Å². The van der Waals surface area contributed by atoms with E-state index in [9.17, 15) is 0 Å². The fourth-order valence-corrected chi connectivity index (χ4v) is 3.01. The number of hydrogen-bond donors (Lipinski definition) is 1. The highest BCUT2D eigenvalue weighted by Gasteiger charge is 2.14. The highest BCUT2D eigenvalue weighted by Crippen LogP contribution is 2.27. The van der Waals surface area contributed by atoms with Gasteiger partial charge in [-0.2, -0.15) is 0 Å². The maximum absolute atomic E-state index is 5.36. The number of nitrogens with zero attached hydrogens (tertiary/aromatic N) is 1. The lowest BCUT2D eigenvalue weighted by Crippen LogP contribution is -2.13. The molecule has 0 saturated heterocycles. The van der Waals surface area contributed by atoms with Crippen molar-refractivity contribution in [2.24, 2.45) is 0 Å². The van der Waals surface area contributed by atoms with Crippen LogP contribution in [0, 0.1) is 0 Å². The molecule has 0 fully saturated rings. The molecule has 118 valence electrons. The minimum atomic E-state index is 0.528. The summed E-state index contributed by atoms with van der Waals surface area (Å²) in [6.45, 7) is 6.17. The Bertz CT molecular complexity index is 790. The fourth-order valence-electron chi connectivity index (χ4n) is 3.01. The lowest BCUT2D eigenvalue weighted by atomic mass is 10.1. The molecule has 0 aliphatic rings. The molecule has 0 atom stereocenters. The highest BCUT2D eigenvalue weighted by molar-refractivity contribution is 5.88. The van der Waals surface area contributed by atoms with Crippen LogP contribution in [0.1, 0.15) is 16.8 Å². The normalized spacial score (nSPS) is 11.0. The Morgan fingerprint density at radius 3 is 2.52 bits per heavy atom. The van der Waals surface area contributed by atoms with Crippen molar-refractivity contribution in [3.05, 3.63) is 78.0 Å². The quantitative estimate of drug-likeness (QED) is 0.709. The van der Waals surface area contributed by atoms with Gasteiger partial charge < -0.3 is 14.6 Å². The van der Waals surface area contributed by atoms with E-state index in [4.69, 9.17) is 4.74 Å². The number of nitrogens with one attached hydrogen (secondary N) is 1. The van der Waals surface area contributed by atoms with Crippen molar-refractivity contribution in [1.29, 1.82) is 0 Å². The zero-order valence-corrected chi connectivity index (χ0v) is 13.5. The summed E-state index contributed by atoms with van der Waals surface area (Å²) in [5, 5.41) is 4.79. The van der Waals surface area contributed by atoms with Crippen molar-refractivity contribution in [1.82, 2.24) is 9.88 Å². The second kappa shape index (κ2) is 7.27. The predicted octanol–water partition coefficient (Wildman–Crippen LogP) is 4.18. The molecule has 3 rings (SSSR count). The van der Waals surface area contributed by atoms with Crippen LogP contribution in [0.25, 0.3) is 17.0 Å². The molecule has 3 aromatic rings. The van der Waals surface area contributed by atoms with E-state index in [0.29, 0.717) is 6.73 Å². The molecule has 0 bridgehead atoms. The summed E-state index contributed by atoms with van der Waals surface area (Å²) < 4.78 is 7.53. The number of rotatable bonds is 7. The van der Waals surface area contributed by atoms with Crippen LogP contribution in [0.2, 0.25) is 0 Å². The molecule has 3 heteroatoms. The first-order chi connectivity index (χ1) is 11.3. The van der Waals surface area contributed by atoms with Gasteiger partial charge in [-0.15, -0.1) is 0 Å². The number of fused-ring (bicyclic) bond motifs is 1. The van der Waals surface area contributed by atoms with E-state index < -0.39 is 0 Å². The second-order valence-corrected chi connectivity index (χ2v) is 5.52. The van der Waals surface area contributed by atoms with Gasteiger partial charge in [0.1, 0.15) is 6.73 Å². The SMILES string of the molecule is C=Cc1c(CNCc2ccccc2)c2ccccc2n1COC. The second-order valence-electron chi connectivity index (χ2n) is 5.52. The molecule has 0 saturated carbocycles. The minimum absolute atomic E-state index is 0.528. The fraction of sp³-hybridized carbons (Fsp3) is 0.200. The van der Waals surface area contributed by atoms with Crippen LogP contribution in [-0.2, 0) is 24.6 Å². The Morgan fingerprint density at radius 2 is 1.78 bits per heavy atom. The third-order valence-corrected chi connectivity index (χ3v) is 4.05. The van der Waals surface area contributed by atoms with Crippen molar-refractivity contribution < 1.29 is 4.74 Å². The van der Waals surface area contributed by atoms with Gasteiger partial charge >= 0.3 is 0 Å². The van der Waals surface area contributed by atoms with Gasteiger partial charge in [-0.1, -0.05) is 55.1 Å². The first-order valence-electron chi connectivity index (χ1n) is 7.81. The van der Waals surface area contributed by atoms with E-state index in [0.717, 1.165) is 18.8 Å². The minimum Gasteiger partial charge on any atom is -0.364 e. The van der Waals surface area contributed by atoms with Crippen LogP contribution in [0.4, 0.5) is 0 Å². The summed E-state index contributed by atoms with van der Waals surface area (Å²) in [7, 11) is 1.72. The summed E-state index contributed by atoms with van der Waals surface area (Å²) in [6.07, 6.45) is 1.92. The summed E-state index contributed by atoms with van der Waals surface area (Å²) in [5.41, 5.74) is 4.85. The van der Waals surface area contributed by atoms with Gasteiger partial charge in [0.15, 0.2) is 0 Å². The summed E-state index contributed by atoms with van der Waals surface area (Å²) in [5.74, 6) is 0. The first-order valence-corrected chi connectivity index (χ1v) is 7.81. The molecule has 1 aromatic heterocycles. The Labute approximate surface area is 137 Å². The van der Waals surface area contributed by atoms with E-state index in [1.54, 1.807) is 7.11 Å². The lowest BCUT2D eigenvalue weighted by molar-refractivity contribution is 0.134. The van der Waals surface area contributed by atoms with E-state index in [2.05, 4.69) is 65.0 Å². The standard InChI is InChI=1S/C20H22N2O/c1-3-19-18(14-21-13-16-9-5-4-6-10-16)17-11-7-8-12-20(17)22(19)15-23-2/h3-12,21H,1,13-15H2,2H3. The largest absolute Gasteiger partial charge is 0.364 e. The van der Waals surface area contributed by atoms with Gasteiger partial charge in [0.2, 0.25) is 0 Å². The Kier molecular flexibility index (Phi) is 4.91. The third-order valence-electron chi connectivity index (χ3n) is 4.05. The van der Waals surface area contributed by atoms with Crippen molar-refractivity contribution in [3.63, 3.8) is 0 Å². The van der Waals surface area contributed by atoms with E-state index in [-0.39, 0.29) is 0 Å². The predicted molar refractivity (Wildman–Crippen MR) is 96.0 cm³/mol. The van der Waals surface area contributed by atoms with Gasteiger partial charge in [0, 0.05) is 31.3 Å². The molecule has 3 nitrogen and oxygen atoms in total. The van der Waals surface area contributed by atoms with Crippen molar-refractivity contribution in [3.8, 4) is 0 Å². The Morgan fingerprint density at radius 1 is 1.04 bits per heavy atom. The maximum Gasteiger partial charge on any atom is 0.123 e. The topological polar surface area (TPSA) is 26.2 Å². The smallest absolute Gasteiger partial charge is 0.123 e. The molecule has 0 spiro atoms. The molecule has 0 radical (unpaired) electrons. The summed E-state index contributed by atoms with van der Waals surface area (Å²) >= 11 is 0. The monoisotopic (exact) mass is 306 g/mol. The molecule has 0 unspecified atom stereocenters. The number of hydrogen-bond acceptors (Lipinski definition) is 2. The summed E-state index contributed by atoms with van der Waals surface area (Å²) in [4.78, 5) is 0. The number of para-hydroxylation sites is 1. The number of aromatic nitrogens is 1. The molecule has 2 aromatic carbocycles. The number of benzene rings is 2. The molecule has 1 heterocycles. The van der Waals surface area contributed by atoms with Crippen LogP contribution in [0.3, 0.4) is 0 Å². The highest BCUT2D eigenvalue weighted by atomic mass is 16.5. The third kappa shape index (κ3) is 3.21. The molecule has 23 heavy (non-hydrogen) atoms. The molecular formula is C20H22N2O. The zero-order valence-electron chi connectivity index (χ0n) is 13.5. The number of ether oxygens (including phenoxy) is 1. The van der Waals surface area contributed by atoms with Gasteiger partial charge in [0.25, 0.3) is 0 Å². The van der Waals surface area contributed by atoms with Crippen molar-refractivity contribution in [2.75, 3.05) is 7.11 Å². The molecule has 0 aliphatic heterocycles. The molecule has 0 aliphatic carbocycles. The van der Waals surface area contributed by atoms with Crippen molar-refractivity contribution in [2.45, 2.75) is 19.8 Å². The zero-order chi connectivity index (χ0) is 16.1. The van der Waals surface area contributed by atoms with Gasteiger partial charge in [-0.25, -0.2) is 0 Å². The van der Waals surface area contributed by atoms with Gasteiger partial charge in [-0.3, -0.25) is 0 Å². The van der Waals surface area contributed by atoms with Crippen LogP contribution >= 0.6 is 0 Å². The first kappa shape index (κ1) is 15.5. The van der Waals surface area contributed by atoms with Gasteiger partial charge in [-0.05, 0) is 23.3 Å². The molecule has 0 amide bonds. The van der Waals surface area contributed by atoms with Crippen LogP contribution < -0.4 is 5.32 Å². The van der Waals surface area contributed by atoms with E-state index in [1.165, 1.54) is 22.0 Å². The molecular weight excluding hydrogens is 284 g/mol. The Balaban J connectivity index is 1.88.